The Morgan fingerprint density at radius 1 is 1.14 bits per heavy atom. The monoisotopic (exact) mass is 575 g/mol. The van der Waals surface area contributed by atoms with E-state index in [0.29, 0.717) is 29.8 Å². The summed E-state index contributed by atoms with van der Waals surface area (Å²) < 4.78 is 36.1. The number of nitrogens with one attached hydrogen (secondary N) is 3. The molecule has 0 saturated heterocycles. The number of aromatic amines is 1. The van der Waals surface area contributed by atoms with Crippen LogP contribution in [0, 0.1) is 30.9 Å². The van der Waals surface area contributed by atoms with Gasteiger partial charge in [-0.25, -0.2) is 8.78 Å². The number of aryl methyl sites for hydroxylation is 2. The van der Waals surface area contributed by atoms with Crippen molar-refractivity contribution < 1.29 is 23.1 Å². The van der Waals surface area contributed by atoms with Gasteiger partial charge in [-0.3, -0.25) is 24.4 Å². The minimum absolute atomic E-state index is 0.101. The molecule has 4 aromatic rings. The van der Waals surface area contributed by atoms with E-state index in [9.17, 15) is 18.4 Å². The molecule has 12 heteroatoms. The lowest BCUT2D eigenvalue weighted by atomic mass is 9.75. The van der Waals surface area contributed by atoms with Crippen molar-refractivity contribution in [3.63, 3.8) is 0 Å². The lowest BCUT2D eigenvalue weighted by Gasteiger charge is -2.38. The first-order valence-electron chi connectivity index (χ1n) is 13.8. The van der Waals surface area contributed by atoms with Gasteiger partial charge in [-0.2, -0.15) is 10.2 Å². The molecule has 0 radical (unpaired) electrons. The number of ether oxygens (including phenoxy) is 1. The van der Waals surface area contributed by atoms with Crippen molar-refractivity contribution in [1.29, 1.82) is 0 Å². The molecule has 1 aliphatic heterocycles. The molecular formula is C30H31F2N7O3. The zero-order chi connectivity index (χ0) is 29.8. The molecule has 1 unspecified atom stereocenters. The van der Waals surface area contributed by atoms with Crippen molar-refractivity contribution >= 4 is 17.5 Å². The predicted molar refractivity (Wildman–Crippen MR) is 150 cm³/mol. The normalized spacial score (nSPS) is 17.5. The van der Waals surface area contributed by atoms with Crippen LogP contribution in [0.25, 0.3) is 11.3 Å². The van der Waals surface area contributed by atoms with Crippen LogP contribution in [-0.2, 0) is 4.79 Å². The van der Waals surface area contributed by atoms with Gasteiger partial charge in [0, 0.05) is 46.5 Å². The van der Waals surface area contributed by atoms with E-state index in [1.54, 1.807) is 22.9 Å². The number of anilines is 1. The summed E-state index contributed by atoms with van der Waals surface area (Å²) in [6.07, 6.45) is 4.47. The van der Waals surface area contributed by atoms with Crippen molar-refractivity contribution in [2.75, 3.05) is 11.9 Å². The average Bonchev–Trinajstić information content (AvgIpc) is 3.38. The van der Waals surface area contributed by atoms with Crippen LogP contribution >= 0.6 is 0 Å². The summed E-state index contributed by atoms with van der Waals surface area (Å²) in [5.41, 5.74) is 3.77. The number of fused-ring (bicyclic) bond motifs is 1. The molecule has 2 atom stereocenters. The summed E-state index contributed by atoms with van der Waals surface area (Å²) in [6, 6.07) is 5.91. The zero-order valence-electron chi connectivity index (χ0n) is 23.7. The molecule has 3 aromatic heterocycles. The Kier molecular flexibility index (Phi) is 6.78. The van der Waals surface area contributed by atoms with Gasteiger partial charge in [0.15, 0.2) is 11.6 Å². The first kappa shape index (κ1) is 27.6. The fraction of sp³-hybridized carbons (Fsp3) is 0.367. The van der Waals surface area contributed by atoms with Crippen LogP contribution in [-0.4, -0.2) is 49.4 Å². The number of hydrogen-bond donors (Lipinski definition) is 3. The smallest absolute Gasteiger partial charge is 0.270 e. The number of carbonyl (C=O) groups is 2. The van der Waals surface area contributed by atoms with Crippen LogP contribution in [0.3, 0.4) is 0 Å². The van der Waals surface area contributed by atoms with Gasteiger partial charge in [0.2, 0.25) is 5.91 Å². The van der Waals surface area contributed by atoms with Gasteiger partial charge in [-0.05, 0) is 64.8 Å². The summed E-state index contributed by atoms with van der Waals surface area (Å²) in [5.74, 6) is -3.62. The van der Waals surface area contributed by atoms with E-state index in [-0.39, 0.29) is 24.1 Å². The molecule has 1 aliphatic carbocycles. The van der Waals surface area contributed by atoms with E-state index in [1.807, 2.05) is 27.7 Å². The molecule has 0 bridgehead atoms. The van der Waals surface area contributed by atoms with Crippen molar-refractivity contribution in [3.05, 3.63) is 77.0 Å². The second-order valence-electron chi connectivity index (χ2n) is 11.4. The van der Waals surface area contributed by atoms with Crippen molar-refractivity contribution in [1.82, 2.24) is 30.3 Å². The highest BCUT2D eigenvalue weighted by Gasteiger charge is 2.58. The summed E-state index contributed by atoms with van der Waals surface area (Å²) in [7, 11) is 0. The molecule has 3 N–H and O–H groups in total. The highest BCUT2D eigenvalue weighted by molar-refractivity contribution is 6.01. The number of pyridine rings is 1. The average molecular weight is 576 g/mol. The lowest BCUT2D eigenvalue weighted by Crippen LogP contribution is -2.52. The lowest BCUT2D eigenvalue weighted by molar-refractivity contribution is -0.119. The Hall–Kier alpha value is -4.61. The molecule has 1 aromatic carbocycles. The van der Waals surface area contributed by atoms with Crippen LogP contribution in [0.4, 0.5) is 14.5 Å². The molecule has 1 spiro atoms. The van der Waals surface area contributed by atoms with Gasteiger partial charge in [-0.1, -0.05) is 0 Å². The SMILES string of the molecule is Cc1n[nH]c(C)c1-c1ccc(NC(=O)[C@@H](NC(=O)c2ccnn2C(C)C)C2c3cc(F)c(F)cc3OCC23CC3)cn1. The maximum atomic E-state index is 14.6. The molecule has 42 heavy (non-hydrogen) atoms. The second kappa shape index (κ2) is 10.3. The van der Waals surface area contributed by atoms with Crippen LogP contribution in [0.1, 0.15) is 66.1 Å². The van der Waals surface area contributed by atoms with Crippen LogP contribution in [0.2, 0.25) is 0 Å². The summed E-state index contributed by atoms with van der Waals surface area (Å²) >= 11 is 0. The fourth-order valence-electron chi connectivity index (χ4n) is 5.89. The number of H-pyrrole nitrogens is 1. The zero-order valence-corrected chi connectivity index (χ0v) is 23.7. The molecule has 4 heterocycles. The largest absolute Gasteiger partial charge is 0.493 e. The van der Waals surface area contributed by atoms with Gasteiger partial charge in [0.05, 0.1) is 29.9 Å². The number of carbonyl (C=O) groups excluding carboxylic acids is 2. The Bertz CT molecular complexity index is 1660. The molecule has 10 nitrogen and oxygen atoms in total. The van der Waals surface area contributed by atoms with E-state index in [2.05, 4.69) is 30.9 Å². The van der Waals surface area contributed by atoms with Crippen LogP contribution in [0.15, 0.2) is 42.7 Å². The van der Waals surface area contributed by atoms with Gasteiger partial charge < -0.3 is 15.4 Å². The third kappa shape index (κ3) is 4.80. The first-order chi connectivity index (χ1) is 20.1. The van der Waals surface area contributed by atoms with E-state index < -0.39 is 40.8 Å². The van der Waals surface area contributed by atoms with Crippen molar-refractivity contribution in [2.45, 2.75) is 58.5 Å². The number of rotatable bonds is 7. The molecule has 2 aliphatic rings. The van der Waals surface area contributed by atoms with Gasteiger partial charge in [0.25, 0.3) is 5.91 Å². The Morgan fingerprint density at radius 3 is 2.55 bits per heavy atom. The molecule has 6 rings (SSSR count). The maximum absolute atomic E-state index is 14.6. The maximum Gasteiger partial charge on any atom is 0.270 e. The predicted octanol–water partition coefficient (Wildman–Crippen LogP) is 4.84. The third-order valence-electron chi connectivity index (χ3n) is 8.16. The highest BCUT2D eigenvalue weighted by Crippen LogP contribution is 2.61. The molecule has 1 saturated carbocycles. The molecule has 1 fully saturated rings. The Morgan fingerprint density at radius 2 is 1.90 bits per heavy atom. The number of halogens is 2. The minimum atomic E-state index is -1.14. The van der Waals surface area contributed by atoms with Gasteiger partial charge in [0.1, 0.15) is 17.5 Å². The number of amides is 2. The fourth-order valence-corrected chi connectivity index (χ4v) is 5.89. The number of hydrogen-bond acceptors (Lipinski definition) is 6. The topological polar surface area (TPSA) is 127 Å². The number of benzene rings is 1. The van der Waals surface area contributed by atoms with E-state index in [4.69, 9.17) is 4.74 Å². The summed E-state index contributed by atoms with van der Waals surface area (Å²) in [4.78, 5) is 32.2. The summed E-state index contributed by atoms with van der Waals surface area (Å²) in [5, 5.41) is 17.2. The standard InChI is InChI=1S/C30H31F2N7O3/c1-15(2)39-23(7-10-34-39)28(40)36-27(26-19-11-20(31)21(32)12-24(19)42-14-30(26)8-9-30)29(41)35-18-5-6-22(33-13-18)25-16(3)37-38-17(25)4/h5-7,10-13,15,26-27H,8-9,14H2,1-4H3,(H,35,41)(H,36,40)(H,37,38)/t26?,27-/m0/s1. The van der Waals surface area contributed by atoms with Crippen molar-refractivity contribution in [2.24, 2.45) is 5.41 Å². The van der Waals surface area contributed by atoms with Crippen molar-refractivity contribution in [3.8, 4) is 17.0 Å². The van der Waals surface area contributed by atoms with E-state index >= 15 is 0 Å². The van der Waals surface area contributed by atoms with Crippen LogP contribution in [0.5, 0.6) is 5.75 Å². The second-order valence-corrected chi connectivity index (χ2v) is 11.4. The molecular weight excluding hydrogens is 544 g/mol. The number of nitrogens with zero attached hydrogens (tertiary/aromatic N) is 4. The molecule has 2 amide bonds. The third-order valence-corrected chi connectivity index (χ3v) is 8.16. The highest BCUT2D eigenvalue weighted by atomic mass is 19.2. The van der Waals surface area contributed by atoms with E-state index in [1.165, 1.54) is 12.4 Å². The van der Waals surface area contributed by atoms with Gasteiger partial charge >= 0.3 is 0 Å². The Balaban J connectivity index is 1.36. The molecule has 218 valence electrons. The Labute approximate surface area is 240 Å². The quantitative estimate of drug-likeness (QED) is 0.290. The van der Waals surface area contributed by atoms with Crippen LogP contribution < -0.4 is 15.4 Å². The van der Waals surface area contributed by atoms with E-state index in [0.717, 1.165) is 29.1 Å². The number of aromatic nitrogens is 5. The first-order valence-corrected chi connectivity index (χ1v) is 13.8. The summed E-state index contributed by atoms with van der Waals surface area (Å²) in [6.45, 7) is 7.78. The minimum Gasteiger partial charge on any atom is -0.493 e. The van der Waals surface area contributed by atoms with Gasteiger partial charge in [-0.15, -0.1) is 0 Å².